The van der Waals surface area contributed by atoms with E-state index in [9.17, 15) is 22.4 Å². The Morgan fingerprint density at radius 3 is 2.35 bits per heavy atom. The number of rotatable bonds is 4. The number of halogens is 1. The Kier molecular flexibility index (Phi) is 4.78. The van der Waals surface area contributed by atoms with E-state index in [4.69, 9.17) is 0 Å². The van der Waals surface area contributed by atoms with Crippen LogP contribution in [-0.4, -0.2) is 30.6 Å². The minimum atomic E-state index is -4.13. The Balaban J connectivity index is 1.87. The summed E-state index contributed by atoms with van der Waals surface area (Å²) < 4.78 is 39.3. The van der Waals surface area contributed by atoms with Gasteiger partial charge in [-0.25, -0.2) is 17.1 Å². The van der Waals surface area contributed by atoms with Gasteiger partial charge in [0.05, 0.1) is 4.90 Å². The number of nitrogens with one attached hydrogen (secondary N) is 1. The molecule has 1 aliphatic rings. The average molecular weight is 376 g/mol. The number of sulfonamides is 1. The highest BCUT2D eigenvalue weighted by Gasteiger charge is 2.44. The number of carbonyl (C=O) groups excluding carboxylic acids is 2. The number of anilines is 1. The average Bonchev–Trinajstić information content (AvgIpc) is 3.00. The Labute approximate surface area is 150 Å². The van der Waals surface area contributed by atoms with Gasteiger partial charge in [-0.15, -0.1) is 0 Å². The number of benzene rings is 2. The van der Waals surface area contributed by atoms with Gasteiger partial charge in [-0.1, -0.05) is 17.7 Å². The summed E-state index contributed by atoms with van der Waals surface area (Å²) in [6.45, 7) is 1.82. The van der Waals surface area contributed by atoms with Crippen molar-refractivity contribution in [3.05, 3.63) is 59.9 Å². The molecule has 0 radical (unpaired) electrons. The summed E-state index contributed by atoms with van der Waals surface area (Å²) in [5.41, 5.74) is 1.20. The fourth-order valence-corrected chi connectivity index (χ4v) is 4.39. The summed E-state index contributed by atoms with van der Waals surface area (Å²) in [5.74, 6) is -1.70. The second-order valence-electron chi connectivity index (χ2n) is 6.06. The van der Waals surface area contributed by atoms with Crippen molar-refractivity contribution in [2.45, 2.75) is 30.7 Å². The molecule has 1 aliphatic heterocycles. The second-order valence-corrected chi connectivity index (χ2v) is 7.87. The van der Waals surface area contributed by atoms with E-state index in [0.29, 0.717) is 9.99 Å². The molecule has 0 aliphatic carbocycles. The molecule has 0 aromatic heterocycles. The standard InChI is InChI=1S/C18H17FN2O4S/c1-12-2-8-15(9-3-12)26(24,25)21-16(10-11-17(21)22)18(23)20-14-6-4-13(19)5-7-14/h2-9,16H,10-11H2,1H3,(H,20,23)/t16-/m1/s1. The van der Waals surface area contributed by atoms with Crippen LogP contribution in [0.5, 0.6) is 0 Å². The first-order chi connectivity index (χ1) is 12.3. The van der Waals surface area contributed by atoms with Gasteiger partial charge in [0, 0.05) is 12.1 Å². The molecule has 1 N–H and O–H groups in total. The van der Waals surface area contributed by atoms with Crippen molar-refractivity contribution in [3.8, 4) is 0 Å². The molecule has 0 saturated carbocycles. The summed E-state index contributed by atoms with van der Waals surface area (Å²) >= 11 is 0. The molecule has 2 amide bonds. The first kappa shape index (κ1) is 18.1. The molecule has 0 spiro atoms. The van der Waals surface area contributed by atoms with E-state index >= 15 is 0 Å². The number of amides is 2. The lowest BCUT2D eigenvalue weighted by Crippen LogP contribution is -2.45. The quantitative estimate of drug-likeness (QED) is 0.888. The van der Waals surface area contributed by atoms with Gasteiger partial charge in [-0.3, -0.25) is 9.59 Å². The van der Waals surface area contributed by atoms with Crippen LogP contribution in [0.15, 0.2) is 53.4 Å². The third-order valence-electron chi connectivity index (χ3n) is 4.15. The first-order valence-corrected chi connectivity index (χ1v) is 9.43. The van der Waals surface area contributed by atoms with Crippen LogP contribution in [0.1, 0.15) is 18.4 Å². The fraction of sp³-hybridized carbons (Fsp3) is 0.222. The molecule has 0 unspecified atom stereocenters. The van der Waals surface area contributed by atoms with Crippen molar-refractivity contribution in [1.82, 2.24) is 4.31 Å². The number of hydrogen-bond donors (Lipinski definition) is 1. The van der Waals surface area contributed by atoms with Crippen molar-refractivity contribution in [1.29, 1.82) is 0 Å². The van der Waals surface area contributed by atoms with Gasteiger partial charge in [0.1, 0.15) is 11.9 Å². The van der Waals surface area contributed by atoms with Crippen LogP contribution in [0.3, 0.4) is 0 Å². The van der Waals surface area contributed by atoms with Crippen LogP contribution in [-0.2, 0) is 19.6 Å². The van der Waals surface area contributed by atoms with Crippen molar-refractivity contribution >= 4 is 27.5 Å². The topological polar surface area (TPSA) is 83.6 Å². The van der Waals surface area contributed by atoms with Crippen LogP contribution in [0.2, 0.25) is 0 Å². The molecule has 136 valence electrons. The predicted molar refractivity (Wildman–Crippen MR) is 93.3 cm³/mol. The maximum absolute atomic E-state index is 13.0. The molecular formula is C18H17FN2O4S. The van der Waals surface area contributed by atoms with Gasteiger partial charge in [0.25, 0.3) is 10.0 Å². The van der Waals surface area contributed by atoms with E-state index in [1.165, 1.54) is 36.4 Å². The highest BCUT2D eigenvalue weighted by molar-refractivity contribution is 7.89. The van der Waals surface area contributed by atoms with Crippen molar-refractivity contribution in [2.24, 2.45) is 0 Å². The Morgan fingerprint density at radius 1 is 1.12 bits per heavy atom. The summed E-state index contributed by atoms with van der Waals surface area (Å²) in [6.07, 6.45) is 0.0591. The van der Waals surface area contributed by atoms with Gasteiger partial charge in [0.2, 0.25) is 11.8 Å². The SMILES string of the molecule is Cc1ccc(S(=O)(=O)N2C(=O)CC[C@@H]2C(=O)Nc2ccc(F)cc2)cc1. The zero-order valence-electron chi connectivity index (χ0n) is 14.0. The molecule has 26 heavy (non-hydrogen) atoms. The Bertz CT molecular complexity index is 940. The van der Waals surface area contributed by atoms with Crippen molar-refractivity contribution in [3.63, 3.8) is 0 Å². The smallest absolute Gasteiger partial charge is 0.267 e. The van der Waals surface area contributed by atoms with E-state index in [1.54, 1.807) is 12.1 Å². The molecule has 8 heteroatoms. The molecular weight excluding hydrogens is 359 g/mol. The number of aryl methyl sites for hydroxylation is 1. The molecule has 1 atom stereocenters. The third kappa shape index (κ3) is 3.45. The first-order valence-electron chi connectivity index (χ1n) is 7.99. The highest BCUT2D eigenvalue weighted by atomic mass is 32.2. The van der Waals surface area contributed by atoms with Gasteiger partial charge in [0.15, 0.2) is 0 Å². The minimum absolute atomic E-state index is 0.0351. The lowest BCUT2D eigenvalue weighted by molar-refractivity contribution is -0.128. The molecule has 2 aromatic rings. The lowest BCUT2D eigenvalue weighted by atomic mass is 10.2. The summed E-state index contributed by atoms with van der Waals surface area (Å²) in [7, 11) is -4.13. The van der Waals surface area contributed by atoms with Gasteiger partial charge >= 0.3 is 0 Å². The molecule has 3 rings (SSSR count). The van der Waals surface area contributed by atoms with Crippen LogP contribution in [0, 0.1) is 12.7 Å². The number of nitrogens with zero attached hydrogens (tertiary/aromatic N) is 1. The van der Waals surface area contributed by atoms with Gasteiger partial charge < -0.3 is 5.32 Å². The normalized spacial score (nSPS) is 17.4. The molecule has 1 heterocycles. The lowest BCUT2D eigenvalue weighted by Gasteiger charge is -2.23. The van der Waals surface area contributed by atoms with Crippen molar-refractivity contribution < 1.29 is 22.4 Å². The Morgan fingerprint density at radius 2 is 1.73 bits per heavy atom. The van der Waals surface area contributed by atoms with E-state index in [1.807, 2.05) is 6.92 Å². The van der Waals surface area contributed by atoms with E-state index in [0.717, 1.165) is 5.56 Å². The number of carbonyl (C=O) groups is 2. The third-order valence-corrected chi connectivity index (χ3v) is 6.00. The summed E-state index contributed by atoms with van der Waals surface area (Å²) in [6, 6.07) is 10.0. The zero-order valence-corrected chi connectivity index (χ0v) is 14.8. The van der Waals surface area contributed by atoms with E-state index in [-0.39, 0.29) is 17.7 Å². The van der Waals surface area contributed by atoms with Gasteiger partial charge in [-0.05, 0) is 49.7 Å². The highest BCUT2D eigenvalue weighted by Crippen LogP contribution is 2.28. The summed E-state index contributed by atoms with van der Waals surface area (Å²) in [4.78, 5) is 24.7. The van der Waals surface area contributed by atoms with Crippen molar-refractivity contribution in [2.75, 3.05) is 5.32 Å². The van der Waals surface area contributed by atoms with E-state index in [2.05, 4.69) is 5.32 Å². The fourth-order valence-electron chi connectivity index (χ4n) is 2.78. The molecule has 1 saturated heterocycles. The molecule has 6 nitrogen and oxygen atoms in total. The van der Waals surface area contributed by atoms with Gasteiger partial charge in [-0.2, -0.15) is 0 Å². The van der Waals surface area contributed by atoms with Crippen LogP contribution < -0.4 is 5.32 Å². The zero-order chi connectivity index (χ0) is 18.9. The maximum Gasteiger partial charge on any atom is 0.267 e. The predicted octanol–water partition coefficient (Wildman–Crippen LogP) is 2.45. The van der Waals surface area contributed by atoms with E-state index < -0.39 is 33.7 Å². The molecule has 0 bridgehead atoms. The minimum Gasteiger partial charge on any atom is -0.324 e. The van der Waals surface area contributed by atoms with Crippen LogP contribution in [0.4, 0.5) is 10.1 Å². The maximum atomic E-state index is 13.0. The molecule has 1 fully saturated rings. The Hall–Kier alpha value is -2.74. The largest absolute Gasteiger partial charge is 0.324 e. The summed E-state index contributed by atoms with van der Waals surface area (Å²) in [5, 5.41) is 2.53. The monoisotopic (exact) mass is 376 g/mol. The molecule has 2 aromatic carbocycles. The second kappa shape index (κ2) is 6.87. The van der Waals surface area contributed by atoms with Crippen LogP contribution in [0.25, 0.3) is 0 Å². The number of hydrogen-bond acceptors (Lipinski definition) is 4. The van der Waals surface area contributed by atoms with Crippen LogP contribution >= 0.6 is 0 Å².